The van der Waals surface area contributed by atoms with Crippen LogP contribution in [0.25, 0.3) is 0 Å². The predicted molar refractivity (Wildman–Crippen MR) is 86.2 cm³/mol. The van der Waals surface area contributed by atoms with Crippen LogP contribution in [0.4, 0.5) is 11.4 Å². The molecule has 0 amide bonds. The highest BCUT2D eigenvalue weighted by molar-refractivity contribution is 7.10. The van der Waals surface area contributed by atoms with Crippen molar-refractivity contribution in [1.82, 2.24) is 0 Å². The zero-order valence-electron chi connectivity index (χ0n) is 12.4. The molecule has 1 atom stereocenters. The van der Waals surface area contributed by atoms with Gasteiger partial charge in [-0.3, -0.25) is 10.1 Å². The average molecular weight is 317 g/mol. The van der Waals surface area contributed by atoms with Crippen molar-refractivity contribution in [3.05, 3.63) is 56.3 Å². The first-order valence-corrected chi connectivity index (χ1v) is 7.66. The second-order valence-electron chi connectivity index (χ2n) is 5.13. The van der Waals surface area contributed by atoms with Crippen molar-refractivity contribution in [2.24, 2.45) is 0 Å². The lowest BCUT2D eigenvalue weighted by Crippen LogP contribution is -3.06. The largest absolute Gasteiger partial charge is 0.378 e. The van der Waals surface area contributed by atoms with Crippen molar-refractivity contribution >= 4 is 22.7 Å². The van der Waals surface area contributed by atoms with Gasteiger partial charge in [-0.25, -0.2) is 0 Å². The van der Waals surface area contributed by atoms with Gasteiger partial charge in [-0.05, 0) is 17.5 Å². The second-order valence-corrected chi connectivity index (χ2v) is 6.10. The van der Waals surface area contributed by atoms with E-state index in [9.17, 15) is 10.1 Å². The number of anilines is 1. The number of hydrogen-bond donors (Lipinski definition) is 2. The lowest BCUT2D eigenvalue weighted by atomic mass is 10.1. The van der Waals surface area contributed by atoms with Gasteiger partial charge in [0, 0.05) is 12.1 Å². The molecule has 0 fully saturated rings. The Kier molecular flexibility index (Phi) is 5.09. The van der Waals surface area contributed by atoms with E-state index in [2.05, 4.69) is 25.5 Å². The molecule has 2 rings (SSSR count). The Labute approximate surface area is 132 Å². The molecular formula is C15H17N4O2S+. The van der Waals surface area contributed by atoms with Gasteiger partial charge >= 0.3 is 0 Å². The van der Waals surface area contributed by atoms with Crippen molar-refractivity contribution in [1.29, 1.82) is 5.26 Å². The molecule has 6 nitrogen and oxygen atoms in total. The number of nitro benzene ring substituents is 1. The SMILES string of the molecule is C[NH+](C)[C@H](CNc1ccc([N+](=O)[O-])cc1C#N)c1cccs1. The highest BCUT2D eigenvalue weighted by atomic mass is 32.1. The van der Waals surface area contributed by atoms with Crippen molar-refractivity contribution in [3.8, 4) is 6.07 Å². The third kappa shape index (κ3) is 3.61. The quantitative estimate of drug-likeness (QED) is 0.629. The summed E-state index contributed by atoms with van der Waals surface area (Å²) in [6.45, 7) is 0.648. The highest BCUT2D eigenvalue weighted by Crippen LogP contribution is 2.23. The van der Waals surface area contributed by atoms with Crippen molar-refractivity contribution in [2.75, 3.05) is 26.0 Å². The maximum absolute atomic E-state index is 10.8. The zero-order chi connectivity index (χ0) is 16.1. The second kappa shape index (κ2) is 7.02. The van der Waals surface area contributed by atoms with E-state index in [1.54, 1.807) is 17.4 Å². The van der Waals surface area contributed by atoms with Crippen LogP contribution in [0.15, 0.2) is 35.7 Å². The maximum atomic E-state index is 10.8. The van der Waals surface area contributed by atoms with Gasteiger partial charge in [0.05, 0.1) is 41.7 Å². The lowest BCUT2D eigenvalue weighted by Gasteiger charge is -2.21. The standard InChI is InChI=1S/C15H16N4O2S/c1-18(2)14(15-4-3-7-22-15)10-17-13-6-5-12(19(20)21)8-11(13)9-16/h3-8,14,17H,10H2,1-2H3/p+1/t14-/m1/s1. The van der Waals surface area contributed by atoms with Crippen LogP contribution >= 0.6 is 11.3 Å². The fourth-order valence-corrected chi connectivity index (χ4v) is 3.14. The van der Waals surface area contributed by atoms with E-state index in [4.69, 9.17) is 5.26 Å². The number of benzene rings is 1. The van der Waals surface area contributed by atoms with Gasteiger partial charge in [0.1, 0.15) is 12.1 Å². The van der Waals surface area contributed by atoms with Gasteiger partial charge in [-0.15, -0.1) is 11.3 Å². The van der Waals surface area contributed by atoms with Crippen LogP contribution in [0.5, 0.6) is 0 Å². The Morgan fingerprint density at radius 3 is 2.77 bits per heavy atom. The number of nitrogens with zero attached hydrogens (tertiary/aromatic N) is 2. The number of hydrogen-bond acceptors (Lipinski definition) is 5. The first-order valence-electron chi connectivity index (χ1n) is 6.78. The summed E-state index contributed by atoms with van der Waals surface area (Å²) in [5.41, 5.74) is 0.832. The Morgan fingerprint density at radius 2 is 2.23 bits per heavy atom. The van der Waals surface area contributed by atoms with Crippen LogP contribution in [0.3, 0.4) is 0 Å². The molecule has 2 N–H and O–H groups in total. The Morgan fingerprint density at radius 1 is 1.45 bits per heavy atom. The molecule has 1 aromatic carbocycles. The maximum Gasteiger partial charge on any atom is 0.270 e. The molecule has 2 aromatic rings. The fraction of sp³-hybridized carbons (Fsp3) is 0.267. The van der Waals surface area contributed by atoms with E-state index in [1.807, 2.05) is 17.5 Å². The number of thiophene rings is 1. The average Bonchev–Trinajstić information content (AvgIpc) is 3.01. The van der Waals surface area contributed by atoms with E-state index in [1.165, 1.54) is 21.9 Å². The molecule has 0 aliphatic rings. The van der Waals surface area contributed by atoms with Crippen LogP contribution in [0, 0.1) is 21.4 Å². The molecule has 0 spiro atoms. The van der Waals surface area contributed by atoms with E-state index in [0.29, 0.717) is 12.2 Å². The molecule has 1 aromatic heterocycles. The monoisotopic (exact) mass is 317 g/mol. The van der Waals surface area contributed by atoms with Crippen LogP contribution in [-0.2, 0) is 0 Å². The third-order valence-corrected chi connectivity index (χ3v) is 4.40. The number of nitriles is 1. The summed E-state index contributed by atoms with van der Waals surface area (Å²) < 4.78 is 0. The minimum absolute atomic E-state index is 0.0739. The third-order valence-electron chi connectivity index (χ3n) is 3.41. The van der Waals surface area contributed by atoms with Crippen LogP contribution in [-0.4, -0.2) is 25.6 Å². The van der Waals surface area contributed by atoms with Gasteiger partial charge in [-0.2, -0.15) is 5.26 Å². The number of likely N-dealkylation sites (N-methyl/N-ethyl adjacent to an activating group) is 1. The lowest BCUT2D eigenvalue weighted by molar-refractivity contribution is -0.889. The first kappa shape index (κ1) is 15.9. The zero-order valence-corrected chi connectivity index (χ0v) is 13.2. The molecule has 0 aliphatic heterocycles. The van der Waals surface area contributed by atoms with Gasteiger partial charge in [0.15, 0.2) is 0 Å². The fourth-order valence-electron chi connectivity index (χ4n) is 2.18. The molecule has 0 bridgehead atoms. The molecule has 7 heteroatoms. The highest BCUT2D eigenvalue weighted by Gasteiger charge is 2.19. The smallest absolute Gasteiger partial charge is 0.270 e. The molecule has 0 aliphatic carbocycles. The van der Waals surface area contributed by atoms with Gasteiger partial charge in [-0.1, -0.05) is 6.07 Å². The topological polar surface area (TPSA) is 83.4 Å². The van der Waals surface area contributed by atoms with E-state index in [0.717, 1.165) is 0 Å². The van der Waals surface area contributed by atoms with Crippen molar-refractivity contribution in [2.45, 2.75) is 6.04 Å². The number of nitro groups is 1. The van der Waals surface area contributed by atoms with Crippen LogP contribution in [0.1, 0.15) is 16.5 Å². The number of non-ortho nitro benzene ring substituents is 1. The summed E-state index contributed by atoms with van der Waals surface area (Å²) in [5.74, 6) is 0. The predicted octanol–water partition coefficient (Wildman–Crippen LogP) is 1.83. The van der Waals surface area contributed by atoms with E-state index >= 15 is 0 Å². The normalized spacial score (nSPS) is 11.9. The summed E-state index contributed by atoms with van der Waals surface area (Å²) >= 11 is 1.70. The summed E-state index contributed by atoms with van der Waals surface area (Å²) in [7, 11) is 4.15. The first-order chi connectivity index (χ1) is 10.5. The van der Waals surface area contributed by atoms with Crippen LogP contribution < -0.4 is 10.2 Å². The van der Waals surface area contributed by atoms with Gasteiger partial charge in [0.25, 0.3) is 5.69 Å². The number of nitrogens with one attached hydrogen (secondary N) is 2. The Balaban J connectivity index is 2.17. The Bertz CT molecular complexity index is 692. The van der Waals surface area contributed by atoms with Crippen molar-refractivity contribution < 1.29 is 9.82 Å². The van der Waals surface area contributed by atoms with Crippen LogP contribution in [0.2, 0.25) is 0 Å². The summed E-state index contributed by atoms with van der Waals surface area (Å²) in [6, 6.07) is 10.7. The van der Waals surface area contributed by atoms with Gasteiger partial charge < -0.3 is 10.2 Å². The molecular weight excluding hydrogens is 300 g/mol. The Hall–Kier alpha value is -2.43. The number of quaternary nitrogens is 1. The van der Waals surface area contributed by atoms with Gasteiger partial charge in [0.2, 0.25) is 0 Å². The number of rotatable bonds is 6. The summed E-state index contributed by atoms with van der Waals surface area (Å²) in [4.78, 5) is 12.8. The summed E-state index contributed by atoms with van der Waals surface area (Å²) in [5, 5.41) is 25.2. The van der Waals surface area contributed by atoms with E-state index in [-0.39, 0.29) is 17.3 Å². The summed E-state index contributed by atoms with van der Waals surface area (Å²) in [6.07, 6.45) is 0. The molecule has 0 unspecified atom stereocenters. The molecule has 0 radical (unpaired) electrons. The molecule has 0 saturated carbocycles. The van der Waals surface area contributed by atoms with E-state index < -0.39 is 4.92 Å². The minimum Gasteiger partial charge on any atom is -0.378 e. The molecule has 0 saturated heterocycles. The molecule has 114 valence electrons. The molecule has 22 heavy (non-hydrogen) atoms. The van der Waals surface area contributed by atoms with Crippen molar-refractivity contribution in [3.63, 3.8) is 0 Å². The molecule has 1 heterocycles. The minimum atomic E-state index is -0.497.